The zero-order valence-electron chi connectivity index (χ0n) is 13.4. The molecule has 0 saturated carbocycles. The van der Waals surface area contributed by atoms with Crippen molar-refractivity contribution in [1.82, 2.24) is 0 Å². The molecule has 1 saturated heterocycles. The molecule has 0 radical (unpaired) electrons. The second kappa shape index (κ2) is 7.37. The van der Waals surface area contributed by atoms with E-state index in [0.29, 0.717) is 11.9 Å². The Bertz CT molecular complexity index is 330. The topological polar surface area (TPSA) is 49.2 Å². The highest BCUT2D eigenvalue weighted by atomic mass is 32.2. The number of hydrogen-bond acceptors (Lipinski definition) is 5. The van der Waals surface area contributed by atoms with E-state index in [1.807, 2.05) is 11.8 Å². The van der Waals surface area contributed by atoms with Crippen molar-refractivity contribution in [2.45, 2.75) is 44.8 Å². The number of amides is 1. The molecule has 118 valence electrons. The van der Waals surface area contributed by atoms with E-state index in [4.69, 9.17) is 13.3 Å². The molecule has 1 rings (SSSR count). The number of carbonyl (C=O) groups is 1. The van der Waals surface area contributed by atoms with Gasteiger partial charge in [-0.15, -0.1) is 0 Å². The fourth-order valence-electron chi connectivity index (χ4n) is 2.67. The van der Waals surface area contributed by atoms with Crippen molar-refractivity contribution in [3.63, 3.8) is 0 Å². The van der Waals surface area contributed by atoms with Gasteiger partial charge in [-0.1, -0.05) is 0 Å². The fourth-order valence-corrected chi connectivity index (χ4v) is 5.84. The molecule has 0 aromatic carbocycles. The summed E-state index contributed by atoms with van der Waals surface area (Å²) in [7, 11) is 2.49. The first-order valence-electron chi connectivity index (χ1n) is 7.02. The van der Waals surface area contributed by atoms with Gasteiger partial charge in [0.25, 0.3) is 0 Å². The van der Waals surface area contributed by atoms with Crippen LogP contribution in [0.3, 0.4) is 0 Å². The molecule has 0 spiro atoms. The molecular weight excluding hydrogens is 294 g/mol. The normalized spacial score (nSPS) is 26.4. The van der Waals surface area contributed by atoms with Gasteiger partial charge in [-0.2, -0.15) is 11.8 Å². The van der Waals surface area contributed by atoms with Crippen LogP contribution in [0.1, 0.15) is 27.2 Å². The van der Waals surface area contributed by atoms with Crippen molar-refractivity contribution >= 4 is 26.5 Å². The van der Waals surface area contributed by atoms with Crippen LogP contribution in [-0.2, 0) is 18.1 Å². The Labute approximate surface area is 127 Å². The molecule has 1 N–H and O–H groups in total. The lowest BCUT2D eigenvalue weighted by atomic mass is 10.2. The highest BCUT2D eigenvalue weighted by Gasteiger charge is 2.67. The summed E-state index contributed by atoms with van der Waals surface area (Å²) < 4.78 is 16.2. The third kappa shape index (κ3) is 3.83. The monoisotopic (exact) mass is 322 g/mol. The van der Waals surface area contributed by atoms with Gasteiger partial charge >= 0.3 is 14.7 Å². The van der Waals surface area contributed by atoms with Crippen molar-refractivity contribution in [2.75, 3.05) is 32.8 Å². The van der Waals surface area contributed by atoms with Gasteiger partial charge in [-0.05, 0) is 26.0 Å². The summed E-state index contributed by atoms with van der Waals surface area (Å²) in [5.41, 5.74) is -0.170. The maximum absolute atomic E-state index is 11.8. The maximum atomic E-state index is 11.8. The van der Waals surface area contributed by atoms with E-state index >= 15 is 0 Å². The van der Waals surface area contributed by atoms with Gasteiger partial charge in [0.1, 0.15) is 0 Å². The molecule has 0 aromatic heterocycles. The zero-order valence-corrected chi connectivity index (χ0v) is 15.3. The van der Waals surface area contributed by atoms with Crippen LogP contribution in [0.2, 0.25) is 6.04 Å². The summed E-state index contributed by atoms with van der Waals surface area (Å²) in [6, 6.07) is 1.19. The predicted molar refractivity (Wildman–Crippen MR) is 83.0 cm³/mol. The molecule has 1 fully saturated rings. The van der Waals surface area contributed by atoms with E-state index < -0.39 is 8.80 Å². The van der Waals surface area contributed by atoms with Crippen LogP contribution in [0, 0.1) is 0 Å². The van der Waals surface area contributed by atoms with Gasteiger partial charge in [0, 0.05) is 34.3 Å². The summed E-state index contributed by atoms with van der Waals surface area (Å²) in [4.78, 5) is 13.0. The number of rotatable bonds is 10. The molecular formula is C13H28NO4SSi+. The number of hydrogen-bond donors (Lipinski definition) is 1. The molecule has 1 heterocycles. The Balaban J connectivity index is 2.25. The summed E-state index contributed by atoms with van der Waals surface area (Å²) in [6.07, 6.45) is 0.980. The molecule has 1 aliphatic rings. The number of carbonyl (C=O) groups excluding carboxylic acids is 1. The minimum atomic E-state index is -2.43. The summed E-state index contributed by atoms with van der Waals surface area (Å²) in [6.45, 7) is 6.26. The lowest BCUT2D eigenvalue weighted by Crippen LogP contribution is -3.02. The largest absolute Gasteiger partial charge is 0.500 e. The van der Waals surface area contributed by atoms with Crippen LogP contribution in [0.5, 0.6) is 0 Å². The summed E-state index contributed by atoms with van der Waals surface area (Å²) >= 11 is 1.83. The first-order chi connectivity index (χ1) is 9.37. The van der Waals surface area contributed by atoms with Gasteiger partial charge < -0.3 is 13.3 Å². The SMILES string of the molecule is CO[Si](CCCSCC1(C)C(=O)[NH+]1C(C)C)(OC)OC. The Hall–Kier alpha value is 0.0769. The molecule has 0 bridgehead atoms. The van der Waals surface area contributed by atoms with Crippen molar-refractivity contribution in [3.8, 4) is 0 Å². The van der Waals surface area contributed by atoms with E-state index in [9.17, 15) is 4.79 Å². The van der Waals surface area contributed by atoms with Crippen LogP contribution < -0.4 is 4.90 Å². The first-order valence-corrected chi connectivity index (χ1v) is 10.1. The van der Waals surface area contributed by atoms with Gasteiger partial charge in [-0.3, -0.25) is 0 Å². The lowest BCUT2D eigenvalue weighted by molar-refractivity contribution is -0.777. The molecule has 2 atom stereocenters. The molecule has 0 aliphatic carbocycles. The van der Waals surface area contributed by atoms with Gasteiger partial charge in [0.2, 0.25) is 5.54 Å². The van der Waals surface area contributed by atoms with Crippen molar-refractivity contribution in [1.29, 1.82) is 0 Å². The second-order valence-electron chi connectivity index (χ2n) is 5.68. The Morgan fingerprint density at radius 1 is 1.25 bits per heavy atom. The number of quaternary nitrogens is 1. The molecule has 1 amide bonds. The van der Waals surface area contributed by atoms with Crippen LogP contribution in [0.15, 0.2) is 0 Å². The fraction of sp³-hybridized carbons (Fsp3) is 0.923. The average molecular weight is 323 g/mol. The Kier molecular flexibility index (Phi) is 6.68. The van der Waals surface area contributed by atoms with Crippen LogP contribution >= 0.6 is 11.8 Å². The number of nitrogens with one attached hydrogen (secondary N) is 1. The van der Waals surface area contributed by atoms with E-state index in [1.165, 1.54) is 0 Å². The van der Waals surface area contributed by atoms with Gasteiger partial charge in [0.05, 0.1) is 11.8 Å². The highest BCUT2D eigenvalue weighted by molar-refractivity contribution is 7.99. The highest BCUT2D eigenvalue weighted by Crippen LogP contribution is 2.22. The van der Waals surface area contributed by atoms with E-state index in [2.05, 4.69) is 20.8 Å². The molecule has 1 aliphatic heterocycles. The predicted octanol–water partition coefficient (Wildman–Crippen LogP) is 0.580. The molecule has 0 aromatic rings. The lowest BCUT2D eigenvalue weighted by Gasteiger charge is -2.24. The van der Waals surface area contributed by atoms with E-state index in [0.717, 1.165) is 28.9 Å². The van der Waals surface area contributed by atoms with Crippen molar-refractivity contribution in [3.05, 3.63) is 0 Å². The Morgan fingerprint density at radius 2 is 1.80 bits per heavy atom. The molecule has 20 heavy (non-hydrogen) atoms. The van der Waals surface area contributed by atoms with Gasteiger partial charge in [-0.25, -0.2) is 9.69 Å². The average Bonchev–Trinajstić information content (AvgIpc) is 2.97. The standard InChI is InChI=1S/C13H27NO4SSi/c1-11(2)14-12(15)13(14,3)10-19-8-7-9-20(16-4,17-5)18-6/h11H,7-10H2,1-6H3/p+1. The quantitative estimate of drug-likeness (QED) is 0.362. The smallest absolute Gasteiger partial charge is 0.377 e. The van der Waals surface area contributed by atoms with E-state index in [-0.39, 0.29) is 5.54 Å². The van der Waals surface area contributed by atoms with Gasteiger partial charge in [0.15, 0.2) is 0 Å². The molecule has 7 heteroatoms. The summed E-state index contributed by atoms with van der Waals surface area (Å²) in [5, 5.41) is 0. The van der Waals surface area contributed by atoms with Crippen molar-refractivity contribution < 1.29 is 23.0 Å². The molecule has 5 nitrogen and oxygen atoms in total. The Morgan fingerprint density at radius 3 is 2.20 bits per heavy atom. The third-order valence-electron chi connectivity index (χ3n) is 3.95. The third-order valence-corrected chi connectivity index (χ3v) is 8.14. The van der Waals surface area contributed by atoms with Crippen LogP contribution in [0.4, 0.5) is 0 Å². The molecule has 2 unspecified atom stereocenters. The van der Waals surface area contributed by atoms with Crippen LogP contribution in [-0.4, -0.2) is 59.1 Å². The zero-order chi connectivity index (χ0) is 15.4. The maximum Gasteiger partial charge on any atom is 0.500 e. The minimum absolute atomic E-state index is 0.170. The number of thioether (sulfide) groups is 1. The van der Waals surface area contributed by atoms with Crippen molar-refractivity contribution in [2.24, 2.45) is 0 Å². The van der Waals surface area contributed by atoms with Crippen LogP contribution in [0.25, 0.3) is 0 Å². The second-order valence-corrected chi connectivity index (χ2v) is 9.88. The van der Waals surface area contributed by atoms with E-state index in [1.54, 1.807) is 21.3 Å². The summed E-state index contributed by atoms with van der Waals surface area (Å²) in [5.74, 6) is 2.24. The first kappa shape index (κ1) is 18.1. The minimum Gasteiger partial charge on any atom is -0.377 e.